The van der Waals surface area contributed by atoms with Crippen molar-refractivity contribution >= 4 is 23.6 Å². The highest BCUT2D eigenvalue weighted by molar-refractivity contribution is 7.71. The van der Waals surface area contributed by atoms with Crippen molar-refractivity contribution in [3.05, 3.63) is 33.0 Å². The molecule has 0 radical (unpaired) electrons. The van der Waals surface area contributed by atoms with Crippen molar-refractivity contribution in [1.82, 2.24) is 24.1 Å². The van der Waals surface area contributed by atoms with Crippen LogP contribution in [0.2, 0.25) is 0 Å². The van der Waals surface area contributed by atoms with Crippen LogP contribution in [0.1, 0.15) is 29.6 Å². The molecule has 2 aromatic rings. The molecule has 23 heavy (non-hydrogen) atoms. The molecule has 0 unspecified atom stereocenters. The Morgan fingerprint density at radius 2 is 1.96 bits per heavy atom. The van der Waals surface area contributed by atoms with Crippen LogP contribution in [0.15, 0.2) is 17.5 Å². The van der Waals surface area contributed by atoms with Gasteiger partial charge in [0.2, 0.25) is 0 Å². The van der Waals surface area contributed by atoms with Gasteiger partial charge < -0.3 is 4.57 Å². The molecule has 0 bridgehead atoms. The quantitative estimate of drug-likeness (QED) is 0.776. The third-order valence-electron chi connectivity index (χ3n) is 4.71. The summed E-state index contributed by atoms with van der Waals surface area (Å²) in [6, 6.07) is 4.97. The molecule has 124 valence electrons. The van der Waals surface area contributed by atoms with Gasteiger partial charge in [0.25, 0.3) is 0 Å². The van der Waals surface area contributed by atoms with Crippen LogP contribution < -0.4 is 0 Å². The minimum absolute atomic E-state index is 0.610. The van der Waals surface area contributed by atoms with E-state index in [1.54, 1.807) is 0 Å². The molecular weight excluding hydrogens is 326 g/mol. The summed E-state index contributed by atoms with van der Waals surface area (Å²) in [5.74, 6) is 1.06. The third kappa shape index (κ3) is 3.42. The monoisotopic (exact) mass is 349 g/mol. The minimum Gasteiger partial charge on any atom is -0.301 e. The van der Waals surface area contributed by atoms with Gasteiger partial charge in [-0.25, -0.2) is 4.68 Å². The van der Waals surface area contributed by atoms with Crippen molar-refractivity contribution in [3.8, 4) is 0 Å². The number of rotatable bonds is 5. The predicted molar refractivity (Wildman–Crippen MR) is 95.2 cm³/mol. The van der Waals surface area contributed by atoms with E-state index in [4.69, 9.17) is 12.2 Å². The lowest BCUT2D eigenvalue weighted by Crippen LogP contribution is -2.46. The molecule has 2 aliphatic rings. The van der Waals surface area contributed by atoms with Crippen LogP contribution in [0.3, 0.4) is 0 Å². The van der Waals surface area contributed by atoms with E-state index in [0.29, 0.717) is 6.04 Å². The van der Waals surface area contributed by atoms with Gasteiger partial charge in [-0.05, 0) is 43.4 Å². The maximum Gasteiger partial charge on any atom is 0.199 e. The standard InChI is InChI=1S/C16H23N5S2/c1-13-17-20(16(22)21(13)14-4-5-14)12-19-8-6-18(7-9-19)11-15-3-2-10-23-15/h2-3,10,14H,4-9,11-12H2,1H3. The van der Waals surface area contributed by atoms with E-state index in [9.17, 15) is 0 Å². The summed E-state index contributed by atoms with van der Waals surface area (Å²) in [5.41, 5.74) is 0. The van der Waals surface area contributed by atoms with E-state index in [1.807, 2.05) is 16.0 Å². The number of aryl methyl sites for hydroxylation is 1. The average Bonchev–Trinajstić information content (AvgIpc) is 3.16. The topological polar surface area (TPSA) is 29.2 Å². The summed E-state index contributed by atoms with van der Waals surface area (Å²) in [6.45, 7) is 8.39. The molecule has 2 fully saturated rings. The molecule has 0 aromatic carbocycles. The Bertz CT molecular complexity index is 705. The fourth-order valence-electron chi connectivity index (χ4n) is 3.27. The van der Waals surface area contributed by atoms with Gasteiger partial charge in [-0.15, -0.1) is 11.3 Å². The van der Waals surface area contributed by atoms with Crippen LogP contribution >= 0.6 is 23.6 Å². The van der Waals surface area contributed by atoms with Crippen LogP contribution in [0.5, 0.6) is 0 Å². The Labute approximate surface area is 146 Å². The molecule has 1 aliphatic carbocycles. The van der Waals surface area contributed by atoms with Crippen molar-refractivity contribution < 1.29 is 0 Å². The Balaban J connectivity index is 1.34. The van der Waals surface area contributed by atoms with E-state index in [2.05, 4.69) is 43.9 Å². The molecular formula is C16H23N5S2. The van der Waals surface area contributed by atoms with E-state index < -0.39 is 0 Å². The minimum atomic E-state index is 0.610. The first-order valence-corrected chi connectivity index (χ1v) is 9.62. The second-order valence-electron chi connectivity index (χ2n) is 6.55. The first kappa shape index (κ1) is 15.5. The van der Waals surface area contributed by atoms with Gasteiger partial charge in [0, 0.05) is 43.6 Å². The predicted octanol–water partition coefficient (Wildman–Crippen LogP) is 2.89. The number of hydrogen-bond acceptors (Lipinski definition) is 5. The molecule has 3 heterocycles. The fourth-order valence-corrected chi connectivity index (χ4v) is 4.40. The molecule has 0 amide bonds. The summed E-state index contributed by atoms with van der Waals surface area (Å²) < 4.78 is 5.14. The second kappa shape index (κ2) is 6.47. The van der Waals surface area contributed by atoms with Crippen LogP contribution in [0.25, 0.3) is 0 Å². The molecule has 1 aliphatic heterocycles. The maximum absolute atomic E-state index is 5.63. The SMILES string of the molecule is Cc1nn(CN2CCN(Cc3cccs3)CC2)c(=S)n1C1CC1. The Kier molecular flexibility index (Phi) is 4.36. The van der Waals surface area contributed by atoms with E-state index in [1.165, 1.54) is 17.7 Å². The van der Waals surface area contributed by atoms with Gasteiger partial charge in [0.05, 0.1) is 6.67 Å². The van der Waals surface area contributed by atoms with E-state index in [0.717, 1.165) is 50.0 Å². The normalized spacial score (nSPS) is 20.2. The Morgan fingerprint density at radius 3 is 2.61 bits per heavy atom. The van der Waals surface area contributed by atoms with Gasteiger partial charge >= 0.3 is 0 Å². The van der Waals surface area contributed by atoms with Crippen LogP contribution in [-0.4, -0.2) is 50.3 Å². The highest BCUT2D eigenvalue weighted by atomic mass is 32.1. The van der Waals surface area contributed by atoms with Crippen molar-refractivity contribution in [2.24, 2.45) is 0 Å². The number of nitrogens with zero attached hydrogens (tertiary/aromatic N) is 5. The summed E-state index contributed by atoms with van der Waals surface area (Å²) in [6.07, 6.45) is 2.50. The molecule has 2 aromatic heterocycles. The van der Waals surface area contributed by atoms with Crippen molar-refractivity contribution in [2.75, 3.05) is 26.2 Å². The number of piperazine rings is 1. The van der Waals surface area contributed by atoms with Crippen molar-refractivity contribution in [3.63, 3.8) is 0 Å². The van der Waals surface area contributed by atoms with Gasteiger partial charge in [0.15, 0.2) is 4.77 Å². The molecule has 0 N–H and O–H groups in total. The molecule has 1 saturated heterocycles. The number of hydrogen-bond donors (Lipinski definition) is 0. The van der Waals surface area contributed by atoms with Gasteiger partial charge in [-0.3, -0.25) is 9.80 Å². The molecule has 1 saturated carbocycles. The zero-order valence-electron chi connectivity index (χ0n) is 13.5. The van der Waals surface area contributed by atoms with E-state index in [-0.39, 0.29) is 0 Å². The first-order valence-electron chi connectivity index (χ1n) is 8.34. The van der Waals surface area contributed by atoms with E-state index >= 15 is 0 Å². The second-order valence-corrected chi connectivity index (χ2v) is 7.94. The summed E-state index contributed by atoms with van der Waals surface area (Å²) >= 11 is 7.47. The first-order chi connectivity index (χ1) is 11.2. The van der Waals surface area contributed by atoms with Gasteiger partial charge in [0.1, 0.15) is 5.82 Å². The van der Waals surface area contributed by atoms with Gasteiger partial charge in [-0.1, -0.05) is 6.07 Å². The largest absolute Gasteiger partial charge is 0.301 e. The van der Waals surface area contributed by atoms with Gasteiger partial charge in [-0.2, -0.15) is 5.10 Å². The van der Waals surface area contributed by atoms with Crippen LogP contribution in [-0.2, 0) is 13.2 Å². The third-order valence-corrected chi connectivity index (χ3v) is 5.98. The summed E-state index contributed by atoms with van der Waals surface area (Å²) in [5, 5.41) is 6.83. The average molecular weight is 350 g/mol. The summed E-state index contributed by atoms with van der Waals surface area (Å²) in [4.78, 5) is 6.46. The Morgan fingerprint density at radius 1 is 1.22 bits per heavy atom. The zero-order valence-corrected chi connectivity index (χ0v) is 15.2. The molecule has 0 atom stereocenters. The molecule has 4 rings (SSSR count). The van der Waals surface area contributed by atoms with Crippen LogP contribution in [0, 0.1) is 11.7 Å². The van der Waals surface area contributed by atoms with Crippen molar-refractivity contribution in [1.29, 1.82) is 0 Å². The lowest BCUT2D eigenvalue weighted by molar-refractivity contribution is 0.0985. The lowest BCUT2D eigenvalue weighted by atomic mass is 10.3. The highest BCUT2D eigenvalue weighted by Crippen LogP contribution is 2.35. The maximum atomic E-state index is 5.63. The zero-order chi connectivity index (χ0) is 15.8. The number of aromatic nitrogens is 3. The molecule has 5 nitrogen and oxygen atoms in total. The smallest absolute Gasteiger partial charge is 0.199 e. The summed E-state index contributed by atoms with van der Waals surface area (Å²) in [7, 11) is 0. The van der Waals surface area contributed by atoms with Crippen LogP contribution in [0.4, 0.5) is 0 Å². The highest BCUT2D eigenvalue weighted by Gasteiger charge is 2.27. The fraction of sp³-hybridized carbons (Fsp3) is 0.625. The molecule has 7 heteroatoms. The lowest BCUT2D eigenvalue weighted by Gasteiger charge is -2.34. The Hall–Kier alpha value is -1.02. The molecule has 0 spiro atoms. The van der Waals surface area contributed by atoms with Crippen molar-refractivity contribution in [2.45, 2.75) is 39.0 Å². The number of thiophene rings is 1.